The first kappa shape index (κ1) is 29.4. The molecule has 2 unspecified atom stereocenters. The fraction of sp³-hybridized carbons (Fsp3) is 0.167. The van der Waals surface area contributed by atoms with Gasteiger partial charge in [-0.3, -0.25) is 0 Å². The Morgan fingerprint density at radius 2 is 1.37 bits per heavy atom. The summed E-state index contributed by atoms with van der Waals surface area (Å²) in [7, 11) is 0. The molecule has 4 aliphatic carbocycles. The van der Waals surface area contributed by atoms with Crippen molar-refractivity contribution in [1.29, 1.82) is 0 Å². The Labute approximate surface area is 302 Å². The molecule has 2 nitrogen and oxygen atoms in total. The van der Waals surface area contributed by atoms with Gasteiger partial charge in [0.1, 0.15) is 0 Å². The number of para-hydroxylation sites is 1. The number of benzene rings is 4. The summed E-state index contributed by atoms with van der Waals surface area (Å²) in [6, 6.07) is 30.4. The van der Waals surface area contributed by atoms with Gasteiger partial charge in [-0.25, -0.2) is 0 Å². The lowest BCUT2D eigenvalue weighted by Crippen LogP contribution is -2.15. The fourth-order valence-corrected chi connectivity index (χ4v) is 10.5. The second kappa shape index (κ2) is 11.6. The molecule has 51 heavy (non-hydrogen) atoms. The summed E-state index contributed by atoms with van der Waals surface area (Å²) in [6.07, 6.45) is 32.1. The van der Waals surface area contributed by atoms with Gasteiger partial charge in [-0.2, -0.15) is 0 Å². The fourth-order valence-electron chi connectivity index (χ4n) is 9.30. The zero-order chi connectivity index (χ0) is 33.5. The molecule has 4 aliphatic rings. The zero-order valence-corrected chi connectivity index (χ0v) is 29.4. The number of aromatic nitrogens is 2. The number of nitrogens with zero attached hydrogens (tertiary/aromatic N) is 2. The monoisotopic (exact) mass is 674 g/mol. The number of aryl methyl sites for hydroxylation is 1. The average molecular weight is 675 g/mol. The van der Waals surface area contributed by atoms with Gasteiger partial charge in [-0.1, -0.05) is 91.1 Å². The number of allylic oxidation sites excluding steroid dienone is 10. The third kappa shape index (κ3) is 4.61. The Morgan fingerprint density at radius 1 is 0.588 bits per heavy atom. The van der Waals surface area contributed by atoms with Crippen LogP contribution < -0.4 is 0 Å². The maximum Gasteiger partial charge on any atom is 0.0538 e. The van der Waals surface area contributed by atoms with E-state index in [4.69, 9.17) is 0 Å². The largest absolute Gasteiger partial charge is 0.313 e. The van der Waals surface area contributed by atoms with Crippen LogP contribution in [0.15, 0.2) is 134 Å². The molecular weight excluding hydrogens is 637 g/mol. The van der Waals surface area contributed by atoms with Gasteiger partial charge in [0.05, 0.1) is 16.6 Å². The molecular formula is C48H38N2S. The van der Waals surface area contributed by atoms with Gasteiger partial charge >= 0.3 is 0 Å². The molecule has 2 atom stereocenters. The Kier molecular flexibility index (Phi) is 6.67. The maximum atomic E-state index is 2.55. The quantitative estimate of drug-likeness (QED) is 0.176. The molecule has 246 valence electrons. The molecule has 3 aromatic heterocycles. The minimum Gasteiger partial charge on any atom is -0.313 e. The third-order valence-corrected chi connectivity index (χ3v) is 13.0. The average Bonchev–Trinajstić information content (AvgIpc) is 3.85. The van der Waals surface area contributed by atoms with E-state index in [0.717, 1.165) is 38.5 Å². The molecule has 3 heterocycles. The van der Waals surface area contributed by atoms with Gasteiger partial charge in [0.25, 0.3) is 0 Å². The van der Waals surface area contributed by atoms with Crippen LogP contribution in [0.4, 0.5) is 0 Å². The highest BCUT2D eigenvalue weighted by Crippen LogP contribution is 2.42. The molecule has 0 fully saturated rings. The van der Waals surface area contributed by atoms with E-state index < -0.39 is 0 Å². The van der Waals surface area contributed by atoms with Gasteiger partial charge in [0, 0.05) is 53.8 Å². The topological polar surface area (TPSA) is 9.86 Å². The van der Waals surface area contributed by atoms with Crippen LogP contribution in [0.3, 0.4) is 0 Å². The summed E-state index contributed by atoms with van der Waals surface area (Å²) in [4.78, 5) is 1.53. The molecule has 0 amide bonds. The van der Waals surface area contributed by atoms with E-state index in [1.807, 2.05) is 11.3 Å². The molecule has 0 bridgehead atoms. The first-order valence-electron chi connectivity index (χ1n) is 18.6. The third-order valence-electron chi connectivity index (χ3n) is 11.8. The van der Waals surface area contributed by atoms with Crippen LogP contribution in [-0.2, 0) is 12.8 Å². The summed E-state index contributed by atoms with van der Waals surface area (Å²) in [6.45, 7) is 0. The van der Waals surface area contributed by atoms with Crippen molar-refractivity contribution >= 4 is 72.0 Å². The number of hydrogen-bond donors (Lipinski definition) is 0. The summed E-state index contributed by atoms with van der Waals surface area (Å²) in [5, 5.41) is 5.37. The van der Waals surface area contributed by atoms with Crippen molar-refractivity contribution in [2.45, 2.75) is 38.5 Å². The van der Waals surface area contributed by atoms with E-state index in [2.05, 4.69) is 155 Å². The molecule has 0 saturated carbocycles. The molecule has 0 radical (unpaired) electrons. The molecule has 4 aromatic carbocycles. The van der Waals surface area contributed by atoms with Crippen molar-refractivity contribution in [3.05, 3.63) is 155 Å². The van der Waals surface area contributed by atoms with Crippen LogP contribution in [0.1, 0.15) is 47.4 Å². The molecule has 3 heteroatoms. The smallest absolute Gasteiger partial charge is 0.0538 e. The normalized spacial score (nSPS) is 19.4. The van der Waals surface area contributed by atoms with Crippen molar-refractivity contribution in [3.8, 4) is 16.8 Å². The van der Waals surface area contributed by atoms with E-state index in [9.17, 15) is 0 Å². The van der Waals surface area contributed by atoms with Crippen molar-refractivity contribution in [2.75, 3.05) is 0 Å². The SMILES string of the molecule is C1=CCC(C2C=CC=C(n3c4ccccc4c4cc(-c5ccc6c(c5)c5c(n6-c6ccc7sc8c(c7c6)C=CCC8)CCC=C5)ccc43)C2)C=C1. The van der Waals surface area contributed by atoms with Gasteiger partial charge in [0.2, 0.25) is 0 Å². The molecule has 7 aromatic rings. The van der Waals surface area contributed by atoms with Crippen LogP contribution in [-0.4, -0.2) is 9.13 Å². The molecule has 0 aliphatic heterocycles. The molecule has 0 N–H and O–H groups in total. The van der Waals surface area contributed by atoms with E-state index in [1.165, 1.54) is 87.0 Å². The predicted octanol–water partition coefficient (Wildman–Crippen LogP) is 13.1. The van der Waals surface area contributed by atoms with Gasteiger partial charge in [-0.05, 0) is 122 Å². The maximum absolute atomic E-state index is 2.55. The second-order valence-electron chi connectivity index (χ2n) is 14.6. The number of thiophene rings is 1. The van der Waals surface area contributed by atoms with E-state index >= 15 is 0 Å². The predicted molar refractivity (Wildman–Crippen MR) is 220 cm³/mol. The van der Waals surface area contributed by atoms with Crippen LogP contribution in [0.2, 0.25) is 0 Å². The summed E-state index contributed by atoms with van der Waals surface area (Å²) < 4.78 is 6.47. The van der Waals surface area contributed by atoms with E-state index in [-0.39, 0.29) is 0 Å². The summed E-state index contributed by atoms with van der Waals surface area (Å²) in [5.41, 5.74) is 13.3. The van der Waals surface area contributed by atoms with Crippen molar-refractivity contribution in [1.82, 2.24) is 9.13 Å². The highest BCUT2D eigenvalue weighted by atomic mass is 32.1. The molecule has 0 saturated heterocycles. The Hall–Kier alpha value is -5.38. The number of hydrogen-bond acceptors (Lipinski definition) is 1. The molecule has 0 spiro atoms. The van der Waals surface area contributed by atoms with Crippen molar-refractivity contribution in [2.24, 2.45) is 11.8 Å². The first-order valence-corrected chi connectivity index (χ1v) is 19.4. The van der Waals surface area contributed by atoms with Gasteiger partial charge in [-0.15, -0.1) is 11.3 Å². The highest BCUT2D eigenvalue weighted by molar-refractivity contribution is 7.19. The van der Waals surface area contributed by atoms with Crippen molar-refractivity contribution in [3.63, 3.8) is 0 Å². The minimum absolute atomic E-state index is 0.509. The standard InChI is InChI=1S/C48H38N2S/c1-2-11-31(12-3-1)32-13-10-14-35(27-32)49-43-18-7-4-15-37(43)40-28-33(21-24-45(40)49)34-22-25-46-41(29-34)38-16-5-8-19-44(38)50(46)36-23-26-48-42(30-36)39-17-6-9-20-47(39)51-48/h1-7,10-11,13-18,21-26,28-32H,8-9,12,19-20,27H2. The number of rotatable bonds is 4. The first-order chi connectivity index (χ1) is 25.3. The van der Waals surface area contributed by atoms with Crippen LogP contribution >= 0.6 is 11.3 Å². The van der Waals surface area contributed by atoms with Gasteiger partial charge < -0.3 is 9.13 Å². The summed E-state index contributed by atoms with van der Waals surface area (Å²) in [5.74, 6) is 1.07. The van der Waals surface area contributed by atoms with E-state index in [0.29, 0.717) is 11.8 Å². The Morgan fingerprint density at radius 3 is 2.25 bits per heavy atom. The highest BCUT2D eigenvalue weighted by Gasteiger charge is 2.24. The van der Waals surface area contributed by atoms with E-state index in [1.54, 1.807) is 0 Å². The lowest BCUT2D eigenvalue weighted by Gasteiger charge is -2.26. The minimum atomic E-state index is 0.509. The second-order valence-corrected chi connectivity index (χ2v) is 15.8. The lowest BCUT2D eigenvalue weighted by molar-refractivity contribution is 0.478. The Balaban J connectivity index is 1.02. The van der Waals surface area contributed by atoms with Crippen molar-refractivity contribution < 1.29 is 0 Å². The van der Waals surface area contributed by atoms with Crippen LogP contribution in [0, 0.1) is 11.8 Å². The lowest BCUT2D eigenvalue weighted by atomic mass is 9.82. The van der Waals surface area contributed by atoms with Crippen LogP contribution in [0.25, 0.3) is 77.5 Å². The van der Waals surface area contributed by atoms with Gasteiger partial charge in [0.15, 0.2) is 0 Å². The summed E-state index contributed by atoms with van der Waals surface area (Å²) >= 11 is 1.97. The zero-order valence-electron chi connectivity index (χ0n) is 28.6. The van der Waals surface area contributed by atoms with Crippen LogP contribution in [0.5, 0.6) is 0 Å². The number of fused-ring (bicyclic) bond motifs is 9. The molecule has 11 rings (SSSR count). The Bertz CT molecular complexity index is 2760.